The van der Waals surface area contributed by atoms with E-state index in [0.29, 0.717) is 11.0 Å². The van der Waals surface area contributed by atoms with Gasteiger partial charge in [-0.15, -0.1) is 0 Å². The summed E-state index contributed by atoms with van der Waals surface area (Å²) in [6, 6.07) is 10.1. The molecule has 4 fully saturated rings. The number of benzene rings is 1. The molecule has 2 bridgehead atoms. The van der Waals surface area contributed by atoms with Crippen molar-refractivity contribution in [2.75, 3.05) is 12.4 Å². The molecule has 2 unspecified atom stereocenters. The molecule has 164 valence electrons. The number of thiocarbonyl (C=S) groups is 1. The minimum Gasteiger partial charge on any atom is -0.495 e. The van der Waals surface area contributed by atoms with Gasteiger partial charge in [-0.3, -0.25) is 4.79 Å². The summed E-state index contributed by atoms with van der Waals surface area (Å²) >= 11 is 5.77. The van der Waals surface area contributed by atoms with Crippen molar-refractivity contribution in [2.45, 2.75) is 68.7 Å². The van der Waals surface area contributed by atoms with E-state index in [1.165, 1.54) is 0 Å². The first-order valence-corrected chi connectivity index (χ1v) is 11.6. The summed E-state index contributed by atoms with van der Waals surface area (Å²) in [4.78, 5) is 17.3. The van der Waals surface area contributed by atoms with Crippen LogP contribution >= 0.6 is 12.2 Å². The van der Waals surface area contributed by atoms with Crippen molar-refractivity contribution in [3.05, 3.63) is 24.3 Å². The number of nitrogens with two attached hydrogens (primary N) is 1. The van der Waals surface area contributed by atoms with E-state index in [-0.39, 0.29) is 36.0 Å². The van der Waals surface area contributed by atoms with Gasteiger partial charge in [-0.1, -0.05) is 12.1 Å². The molecule has 5 rings (SSSR count). The molecule has 8 heteroatoms. The zero-order valence-electron chi connectivity index (χ0n) is 17.7. The minimum atomic E-state index is -0.531. The zero-order valence-corrected chi connectivity index (χ0v) is 18.6. The molecule has 3 heterocycles. The second-order valence-electron chi connectivity index (χ2n) is 9.37. The lowest BCUT2D eigenvalue weighted by Crippen LogP contribution is -2.56. The summed E-state index contributed by atoms with van der Waals surface area (Å²) in [5, 5.41) is 13.5. The highest BCUT2D eigenvalue weighted by Crippen LogP contribution is 2.48. The third kappa shape index (κ3) is 3.54. The third-order valence-electron chi connectivity index (χ3n) is 7.65. The Balaban J connectivity index is 1.25. The average Bonchev–Trinajstić information content (AvgIpc) is 3.37. The molecule has 1 aromatic carbocycles. The maximum absolute atomic E-state index is 13.2. The van der Waals surface area contributed by atoms with Crippen molar-refractivity contribution < 1.29 is 9.53 Å². The van der Waals surface area contributed by atoms with Crippen LogP contribution in [-0.2, 0) is 4.79 Å². The Kier molecular flexibility index (Phi) is 5.27. The summed E-state index contributed by atoms with van der Waals surface area (Å²) < 4.78 is 5.43. The summed E-state index contributed by atoms with van der Waals surface area (Å²) in [6.07, 6.45) is 5.68. The first-order chi connectivity index (χ1) is 15.0. The fourth-order valence-corrected chi connectivity index (χ4v) is 6.44. The number of nitrogens with one attached hydrogen (secondary N) is 1. The number of methoxy groups -OCH3 is 1. The average molecular weight is 440 g/mol. The number of carbonyl (C=O) groups is 1. The maximum Gasteiger partial charge on any atom is 0.241 e. The van der Waals surface area contributed by atoms with Crippen molar-refractivity contribution in [3.63, 3.8) is 0 Å². The van der Waals surface area contributed by atoms with Crippen LogP contribution in [0.1, 0.15) is 38.5 Å². The first kappa shape index (κ1) is 20.5. The molecule has 31 heavy (non-hydrogen) atoms. The standard InChI is InChI=1S/C23H29N5O2S/c1-30-20-5-3-2-4-18(20)26-23(31)27-15-6-7-16(27)10-14(9-15)21(25)22(29)28-17(12-24)8-13-11-19(13)28/h2-5,13-17,19,21H,6-11,25H2,1H3,(H,26,31)/t13-,14?,15?,16?,17+,19+,21+/m1/s1. The number of nitriles is 1. The quantitative estimate of drug-likeness (QED) is 0.696. The fraction of sp³-hybridized carbons (Fsp3) is 0.609. The monoisotopic (exact) mass is 439 g/mol. The predicted molar refractivity (Wildman–Crippen MR) is 121 cm³/mol. The third-order valence-corrected chi connectivity index (χ3v) is 7.97. The van der Waals surface area contributed by atoms with Crippen LogP contribution in [0.4, 0.5) is 5.69 Å². The second-order valence-corrected chi connectivity index (χ2v) is 9.76. The highest BCUT2D eigenvalue weighted by atomic mass is 32.1. The van der Waals surface area contributed by atoms with Crippen molar-refractivity contribution >= 4 is 28.9 Å². The van der Waals surface area contributed by atoms with Gasteiger partial charge in [-0.2, -0.15) is 5.26 Å². The number of hydrogen-bond donors (Lipinski definition) is 2. The van der Waals surface area contributed by atoms with Crippen LogP contribution in [0.5, 0.6) is 5.75 Å². The Morgan fingerprint density at radius 3 is 2.61 bits per heavy atom. The summed E-state index contributed by atoms with van der Waals surface area (Å²) in [7, 11) is 1.65. The van der Waals surface area contributed by atoms with Crippen molar-refractivity contribution in [2.24, 2.45) is 17.6 Å². The van der Waals surface area contributed by atoms with E-state index in [9.17, 15) is 10.1 Å². The number of ether oxygens (including phenoxy) is 1. The minimum absolute atomic E-state index is 0.0240. The molecular formula is C23H29N5O2S. The summed E-state index contributed by atoms with van der Waals surface area (Å²) in [5.74, 6) is 1.38. The van der Waals surface area contributed by atoms with Gasteiger partial charge >= 0.3 is 0 Å². The lowest BCUT2D eigenvalue weighted by atomic mass is 9.84. The number of amides is 1. The molecule has 6 atom stereocenters. The lowest BCUT2D eigenvalue weighted by Gasteiger charge is -2.42. The Labute approximate surface area is 188 Å². The van der Waals surface area contributed by atoms with E-state index in [1.807, 2.05) is 24.3 Å². The van der Waals surface area contributed by atoms with E-state index in [1.54, 1.807) is 12.0 Å². The Hall–Kier alpha value is -2.37. The van der Waals surface area contributed by atoms with Crippen LogP contribution < -0.4 is 15.8 Å². The van der Waals surface area contributed by atoms with Crippen LogP contribution in [0.15, 0.2) is 24.3 Å². The Morgan fingerprint density at radius 1 is 1.23 bits per heavy atom. The van der Waals surface area contributed by atoms with Crippen molar-refractivity contribution in [1.29, 1.82) is 5.26 Å². The largest absolute Gasteiger partial charge is 0.495 e. The number of likely N-dealkylation sites (tertiary alicyclic amines) is 1. The van der Waals surface area contributed by atoms with Gasteiger partial charge in [0, 0.05) is 18.1 Å². The SMILES string of the molecule is COc1ccccc1NC(=S)N1C2CCC1CC([C@H](N)C(=O)N1[C@H](C#N)C[C@@H]3C[C@@H]31)C2. The van der Waals surface area contributed by atoms with E-state index < -0.39 is 6.04 Å². The van der Waals surface area contributed by atoms with E-state index in [0.717, 1.165) is 50.0 Å². The van der Waals surface area contributed by atoms with Crippen LogP contribution in [0.2, 0.25) is 0 Å². The molecule has 0 aromatic heterocycles. The number of rotatable bonds is 4. The summed E-state index contributed by atoms with van der Waals surface area (Å²) in [6.45, 7) is 0. The molecule has 3 N–H and O–H groups in total. The topological polar surface area (TPSA) is 94.6 Å². The Morgan fingerprint density at radius 2 is 1.94 bits per heavy atom. The maximum atomic E-state index is 13.2. The Bertz CT molecular complexity index is 919. The van der Waals surface area contributed by atoms with E-state index in [2.05, 4.69) is 16.3 Å². The first-order valence-electron chi connectivity index (χ1n) is 11.2. The lowest BCUT2D eigenvalue weighted by molar-refractivity contribution is -0.135. The number of piperidine rings is 2. The number of fused-ring (bicyclic) bond motifs is 3. The van der Waals surface area contributed by atoms with Gasteiger partial charge in [0.25, 0.3) is 0 Å². The smallest absolute Gasteiger partial charge is 0.241 e. The van der Waals surface area contributed by atoms with Gasteiger partial charge in [-0.05, 0) is 74.7 Å². The van der Waals surface area contributed by atoms with Crippen LogP contribution in [0.3, 0.4) is 0 Å². The predicted octanol–water partition coefficient (Wildman–Crippen LogP) is 2.48. The highest BCUT2D eigenvalue weighted by molar-refractivity contribution is 7.80. The van der Waals surface area contributed by atoms with E-state index >= 15 is 0 Å². The van der Waals surface area contributed by atoms with E-state index in [4.69, 9.17) is 22.7 Å². The van der Waals surface area contributed by atoms with Crippen LogP contribution in [0, 0.1) is 23.2 Å². The van der Waals surface area contributed by atoms with Crippen molar-refractivity contribution in [1.82, 2.24) is 9.80 Å². The van der Waals surface area contributed by atoms with Gasteiger partial charge in [0.05, 0.1) is 24.9 Å². The molecule has 1 aromatic rings. The molecule has 1 aliphatic carbocycles. The normalized spacial score (nSPS) is 34.0. The highest BCUT2D eigenvalue weighted by Gasteiger charge is 2.56. The zero-order chi connectivity index (χ0) is 21.7. The molecule has 0 radical (unpaired) electrons. The number of anilines is 1. The molecule has 1 amide bonds. The number of nitrogens with zero attached hydrogens (tertiary/aromatic N) is 3. The fourth-order valence-electron chi connectivity index (χ4n) is 6.03. The van der Waals surface area contributed by atoms with Gasteiger partial charge in [-0.25, -0.2) is 0 Å². The van der Waals surface area contributed by atoms with Crippen LogP contribution in [-0.4, -0.2) is 58.1 Å². The molecule has 4 aliphatic rings. The molecule has 7 nitrogen and oxygen atoms in total. The van der Waals surface area contributed by atoms with Gasteiger partial charge in [0.1, 0.15) is 11.8 Å². The van der Waals surface area contributed by atoms with Crippen molar-refractivity contribution in [3.8, 4) is 11.8 Å². The molecule has 3 aliphatic heterocycles. The van der Waals surface area contributed by atoms with Gasteiger partial charge in [0.2, 0.25) is 5.91 Å². The molecule has 3 saturated heterocycles. The van der Waals surface area contributed by atoms with Gasteiger partial charge in [0.15, 0.2) is 5.11 Å². The van der Waals surface area contributed by atoms with Gasteiger partial charge < -0.3 is 25.6 Å². The second kappa shape index (κ2) is 7.95. The number of para-hydroxylation sites is 2. The molecule has 1 saturated carbocycles. The van der Waals surface area contributed by atoms with Crippen LogP contribution in [0.25, 0.3) is 0 Å². The molecule has 0 spiro atoms. The number of carbonyl (C=O) groups excluding carboxylic acids is 1. The summed E-state index contributed by atoms with van der Waals surface area (Å²) in [5.41, 5.74) is 7.38. The number of hydrogen-bond acceptors (Lipinski definition) is 5. The molecular weight excluding hydrogens is 410 g/mol.